The molecule has 3 fully saturated rings. The molecule has 51 heavy (non-hydrogen) atoms. The third-order valence-corrected chi connectivity index (χ3v) is 9.16. The maximum absolute atomic E-state index is 13.0. The average Bonchev–Trinajstić information content (AvgIpc) is 3.09. The van der Waals surface area contributed by atoms with Crippen LogP contribution in [0.2, 0.25) is 0 Å². The Morgan fingerprint density at radius 1 is 0.667 bits per heavy atom. The lowest BCUT2D eigenvalue weighted by Crippen LogP contribution is -2.65. The molecule has 3 saturated heterocycles. The van der Waals surface area contributed by atoms with Crippen molar-refractivity contribution in [3.8, 4) is 28.6 Å². The summed E-state index contributed by atoms with van der Waals surface area (Å²) in [5, 5.41) is 104. The van der Waals surface area contributed by atoms with E-state index in [4.69, 9.17) is 32.8 Å². The average molecular weight is 725 g/mol. The highest BCUT2D eigenvalue weighted by Gasteiger charge is 2.52. The van der Waals surface area contributed by atoms with Crippen LogP contribution in [0.4, 0.5) is 0 Å². The van der Waals surface area contributed by atoms with E-state index in [1.165, 1.54) is 44.2 Å². The Kier molecular flexibility index (Phi) is 10.9. The van der Waals surface area contributed by atoms with Crippen LogP contribution >= 0.6 is 0 Å². The van der Waals surface area contributed by atoms with E-state index in [-0.39, 0.29) is 28.2 Å². The van der Waals surface area contributed by atoms with Gasteiger partial charge in [0.15, 0.2) is 24.1 Å². The second-order valence-electron chi connectivity index (χ2n) is 12.8. The summed E-state index contributed by atoms with van der Waals surface area (Å²) in [4.78, 5) is 13.0. The Bertz CT molecular complexity index is 1710. The summed E-state index contributed by atoms with van der Waals surface area (Å²) < 4.78 is 40.1. The Labute approximate surface area is 288 Å². The van der Waals surface area contributed by atoms with Crippen molar-refractivity contribution in [1.82, 2.24) is 0 Å². The van der Waals surface area contributed by atoms with Crippen LogP contribution in [0.5, 0.6) is 17.2 Å². The summed E-state index contributed by atoms with van der Waals surface area (Å²) in [6.45, 7) is 2.25. The molecule has 3 aliphatic rings. The van der Waals surface area contributed by atoms with Gasteiger partial charge in [-0.25, -0.2) is 0 Å². The molecule has 10 N–H and O–H groups in total. The van der Waals surface area contributed by atoms with Crippen LogP contribution in [0.3, 0.4) is 0 Å². The van der Waals surface area contributed by atoms with E-state index in [9.17, 15) is 55.9 Å². The van der Waals surface area contributed by atoms with Gasteiger partial charge in [-0.2, -0.15) is 0 Å². The summed E-state index contributed by atoms with van der Waals surface area (Å²) in [5.41, 5.74) is -0.311. The molecule has 1 aromatic heterocycles. The fraction of sp³-hybridized carbons (Fsp3) is 0.545. The lowest BCUT2D eigenvalue weighted by Gasteiger charge is -2.46. The number of aliphatic hydroxyl groups excluding tert-OH is 8. The first-order chi connectivity index (χ1) is 24.1. The third kappa shape index (κ3) is 7.42. The van der Waals surface area contributed by atoms with Crippen LogP contribution in [0, 0.1) is 0 Å². The molecule has 6 rings (SSSR count). The fourth-order valence-corrected chi connectivity index (χ4v) is 6.12. The minimum absolute atomic E-state index is 0.0184. The lowest BCUT2D eigenvalue weighted by molar-refractivity contribution is -0.360. The van der Waals surface area contributed by atoms with E-state index < -0.39 is 110 Å². The van der Waals surface area contributed by atoms with Crippen molar-refractivity contribution in [2.75, 3.05) is 6.61 Å². The number of aromatic hydroxyl groups is 2. The van der Waals surface area contributed by atoms with Gasteiger partial charge in [0, 0.05) is 23.8 Å². The molecule has 4 heterocycles. The van der Waals surface area contributed by atoms with Crippen LogP contribution in [-0.2, 0) is 23.7 Å². The second-order valence-corrected chi connectivity index (χ2v) is 12.8. The van der Waals surface area contributed by atoms with Gasteiger partial charge in [0.2, 0.25) is 6.29 Å². The van der Waals surface area contributed by atoms with Crippen LogP contribution in [-0.4, -0.2) is 150 Å². The summed E-state index contributed by atoms with van der Waals surface area (Å²) in [6, 6.07) is 9.22. The Balaban J connectivity index is 1.30. The molecular formula is C33H40O18. The maximum Gasteiger partial charge on any atom is 0.229 e. The summed E-state index contributed by atoms with van der Waals surface area (Å²) >= 11 is 0. The van der Waals surface area contributed by atoms with Gasteiger partial charge in [-0.15, -0.1) is 0 Å². The Hall–Kier alpha value is -3.47. The minimum Gasteiger partial charge on any atom is -0.508 e. The first-order valence-corrected chi connectivity index (χ1v) is 16.1. The van der Waals surface area contributed by atoms with Gasteiger partial charge < -0.3 is 83.9 Å². The molecule has 0 radical (unpaired) electrons. The number of rotatable bonds is 8. The summed E-state index contributed by atoms with van der Waals surface area (Å²) in [5.74, 6) is -0.682. The van der Waals surface area contributed by atoms with Gasteiger partial charge in [-0.1, -0.05) is 0 Å². The van der Waals surface area contributed by atoms with E-state index in [2.05, 4.69) is 0 Å². The summed E-state index contributed by atoms with van der Waals surface area (Å²) in [7, 11) is 0. The zero-order valence-electron chi connectivity index (χ0n) is 27.1. The Morgan fingerprint density at radius 2 is 1.27 bits per heavy atom. The monoisotopic (exact) mass is 724 g/mol. The molecule has 0 spiro atoms. The predicted octanol–water partition coefficient (Wildman–Crippen LogP) is -2.25. The number of benzene rings is 2. The van der Waals surface area contributed by atoms with Crippen molar-refractivity contribution in [3.63, 3.8) is 0 Å². The zero-order valence-corrected chi connectivity index (χ0v) is 27.1. The molecule has 18 heteroatoms. The molecule has 0 unspecified atom stereocenters. The molecular weight excluding hydrogens is 684 g/mol. The SMILES string of the molecule is C[C@H]1O[C@H](OC[C@H]2O[C@H](Oc3cc(O)c4c(=O)cc(-c5ccc(O)cc5)oc4c3)[C@@H](O[C@H]3O[C@H](C)[C@@H](O)[C@@H](O)[C@H]3O)[C@@H](O)[C@H]2O)[C@@H](O)[C@@H](O)[C@H]1O. The van der Waals surface area contributed by atoms with Crippen molar-refractivity contribution in [1.29, 1.82) is 0 Å². The maximum atomic E-state index is 13.0. The number of phenols is 2. The number of fused-ring (bicyclic) bond motifs is 1. The van der Waals surface area contributed by atoms with Crippen molar-refractivity contribution in [3.05, 3.63) is 52.7 Å². The minimum atomic E-state index is -1.89. The molecule has 3 aliphatic heterocycles. The number of aliphatic hydroxyl groups is 8. The van der Waals surface area contributed by atoms with Crippen LogP contribution in [0.15, 0.2) is 51.7 Å². The first kappa shape index (κ1) is 37.3. The highest BCUT2D eigenvalue weighted by molar-refractivity contribution is 5.86. The number of hydrogen-bond donors (Lipinski definition) is 10. The first-order valence-electron chi connectivity index (χ1n) is 16.1. The smallest absolute Gasteiger partial charge is 0.229 e. The second kappa shape index (κ2) is 14.9. The highest BCUT2D eigenvalue weighted by Crippen LogP contribution is 2.35. The highest BCUT2D eigenvalue weighted by atomic mass is 16.8. The zero-order chi connectivity index (χ0) is 36.9. The molecule has 0 amide bonds. The summed E-state index contributed by atoms with van der Waals surface area (Å²) in [6.07, 6.45) is -23.4. The molecule has 0 saturated carbocycles. The fourth-order valence-electron chi connectivity index (χ4n) is 6.12. The standard InChI is InChI=1S/C33H40O18/c1-11-22(37)25(40)28(43)31(46-11)45-10-20-24(39)27(42)30(51-32-29(44)26(41)23(38)12(2)47-32)33(50-20)48-15-7-16(35)21-17(36)9-18(49-19(21)8-15)13-3-5-14(34)6-4-13/h3-9,11-12,20,22-35,37-44H,10H2,1-2H3/t11-,12-,20-,22+,23-,24+,25+,26-,27+,28+,29-,30+,31+,32-,33+/m1/s1. The van der Waals surface area contributed by atoms with Crippen molar-refractivity contribution in [2.24, 2.45) is 0 Å². The normalized spacial score (nSPS) is 38.8. The van der Waals surface area contributed by atoms with Crippen LogP contribution in [0.25, 0.3) is 22.3 Å². The predicted molar refractivity (Wildman–Crippen MR) is 168 cm³/mol. The van der Waals surface area contributed by atoms with Crippen LogP contribution in [0.1, 0.15) is 13.8 Å². The van der Waals surface area contributed by atoms with E-state index in [1.807, 2.05) is 0 Å². The van der Waals surface area contributed by atoms with Gasteiger partial charge in [0.25, 0.3) is 0 Å². The molecule has 0 aliphatic carbocycles. The Morgan fingerprint density at radius 3 is 1.92 bits per heavy atom. The van der Waals surface area contributed by atoms with E-state index in [0.717, 1.165) is 12.1 Å². The van der Waals surface area contributed by atoms with E-state index >= 15 is 0 Å². The molecule has 2 aromatic carbocycles. The molecule has 3 aromatic rings. The molecule has 280 valence electrons. The third-order valence-electron chi connectivity index (χ3n) is 9.16. The van der Waals surface area contributed by atoms with Crippen molar-refractivity contribution < 1.29 is 83.9 Å². The van der Waals surface area contributed by atoms with E-state index in [0.29, 0.717) is 5.56 Å². The quantitative estimate of drug-likeness (QED) is 0.117. The van der Waals surface area contributed by atoms with E-state index in [1.54, 1.807) is 0 Å². The molecule has 15 atom stereocenters. The molecule has 0 bridgehead atoms. The largest absolute Gasteiger partial charge is 0.508 e. The van der Waals surface area contributed by atoms with Gasteiger partial charge in [-0.3, -0.25) is 4.79 Å². The number of ether oxygens (including phenoxy) is 6. The topological polar surface area (TPSA) is 288 Å². The number of hydrogen-bond acceptors (Lipinski definition) is 18. The van der Waals surface area contributed by atoms with Gasteiger partial charge >= 0.3 is 0 Å². The van der Waals surface area contributed by atoms with Gasteiger partial charge in [0.1, 0.15) is 88.9 Å². The molecule has 18 nitrogen and oxygen atoms in total. The van der Waals surface area contributed by atoms with Crippen molar-refractivity contribution >= 4 is 11.0 Å². The van der Waals surface area contributed by atoms with Gasteiger partial charge in [-0.05, 0) is 38.1 Å². The van der Waals surface area contributed by atoms with Crippen molar-refractivity contribution in [2.45, 2.75) is 106 Å². The number of phenolic OH excluding ortho intramolecular Hbond substituents is 2. The lowest BCUT2D eigenvalue weighted by atomic mass is 9.97. The van der Waals surface area contributed by atoms with Gasteiger partial charge in [0.05, 0.1) is 18.8 Å². The van der Waals surface area contributed by atoms with Crippen LogP contribution < -0.4 is 10.2 Å².